The van der Waals surface area contributed by atoms with Crippen LogP contribution in [0.1, 0.15) is 21.8 Å². The van der Waals surface area contributed by atoms with Crippen LogP contribution in [0.3, 0.4) is 0 Å². The molecule has 7 nitrogen and oxygen atoms in total. The van der Waals surface area contributed by atoms with Crippen LogP contribution in [0, 0.1) is 12.7 Å². The summed E-state index contributed by atoms with van der Waals surface area (Å²) in [6.07, 6.45) is 2.86. The van der Waals surface area contributed by atoms with Crippen molar-refractivity contribution in [1.82, 2.24) is 20.4 Å². The molecule has 2 aromatic heterocycles. The molecule has 0 unspecified atom stereocenters. The first kappa shape index (κ1) is 17.4. The average Bonchev–Trinajstić information content (AvgIpc) is 3.28. The second-order valence-corrected chi connectivity index (χ2v) is 5.55. The lowest BCUT2D eigenvalue weighted by atomic mass is 10.2. The van der Waals surface area contributed by atoms with Crippen LogP contribution in [0.2, 0.25) is 0 Å². The first-order chi connectivity index (χ1) is 12.6. The van der Waals surface area contributed by atoms with E-state index in [1.165, 1.54) is 23.2 Å². The molecule has 2 N–H and O–H groups in total. The van der Waals surface area contributed by atoms with Crippen LogP contribution in [-0.2, 0) is 11.3 Å². The average molecular weight is 356 g/mol. The predicted octanol–water partition coefficient (Wildman–Crippen LogP) is 1.96. The van der Waals surface area contributed by atoms with Crippen LogP contribution in [0.25, 0.3) is 5.69 Å². The van der Waals surface area contributed by atoms with Crippen molar-refractivity contribution >= 4 is 11.8 Å². The molecule has 0 aliphatic rings. The number of amides is 2. The maximum absolute atomic E-state index is 13.9. The summed E-state index contributed by atoms with van der Waals surface area (Å²) in [5, 5.41) is 9.22. The molecule has 0 atom stereocenters. The Bertz CT molecular complexity index is 918. The van der Waals surface area contributed by atoms with Crippen molar-refractivity contribution < 1.29 is 18.4 Å². The predicted molar refractivity (Wildman–Crippen MR) is 91.1 cm³/mol. The van der Waals surface area contributed by atoms with Gasteiger partial charge in [-0.15, -0.1) is 0 Å². The minimum absolute atomic E-state index is 0.191. The monoisotopic (exact) mass is 356 g/mol. The zero-order chi connectivity index (χ0) is 18.5. The number of rotatable bonds is 6. The standard InChI is InChI=1S/C18H17FN4O3/c1-12-14(10-22-23(12)16-7-3-2-6-15(16)19)18(25)21-11-17(24)20-9-13-5-4-8-26-13/h2-8,10H,9,11H2,1H3,(H,20,24)(H,21,25). The molecule has 2 amide bonds. The fraction of sp³-hybridized carbons (Fsp3) is 0.167. The lowest BCUT2D eigenvalue weighted by molar-refractivity contribution is -0.120. The summed E-state index contributed by atoms with van der Waals surface area (Å²) in [6.45, 7) is 1.71. The summed E-state index contributed by atoms with van der Waals surface area (Å²) in [6, 6.07) is 9.60. The summed E-state index contributed by atoms with van der Waals surface area (Å²) in [4.78, 5) is 24.1. The molecule has 134 valence electrons. The molecule has 0 aliphatic carbocycles. The quantitative estimate of drug-likeness (QED) is 0.707. The number of carbonyl (C=O) groups is 2. The van der Waals surface area contributed by atoms with Crippen LogP contribution in [0.4, 0.5) is 4.39 Å². The molecule has 0 aliphatic heterocycles. The third kappa shape index (κ3) is 3.80. The van der Waals surface area contributed by atoms with Gasteiger partial charge in [-0.25, -0.2) is 9.07 Å². The highest BCUT2D eigenvalue weighted by molar-refractivity contribution is 5.97. The van der Waals surface area contributed by atoms with E-state index in [1.54, 1.807) is 37.3 Å². The highest BCUT2D eigenvalue weighted by Gasteiger charge is 2.17. The van der Waals surface area contributed by atoms with E-state index in [2.05, 4.69) is 15.7 Å². The topological polar surface area (TPSA) is 89.2 Å². The molecule has 26 heavy (non-hydrogen) atoms. The molecule has 8 heteroatoms. The van der Waals surface area contributed by atoms with E-state index >= 15 is 0 Å². The minimum Gasteiger partial charge on any atom is -0.467 e. The van der Waals surface area contributed by atoms with Gasteiger partial charge in [0, 0.05) is 0 Å². The molecule has 3 aromatic rings. The van der Waals surface area contributed by atoms with Crippen molar-refractivity contribution in [2.24, 2.45) is 0 Å². The number of hydrogen-bond donors (Lipinski definition) is 2. The summed E-state index contributed by atoms with van der Waals surface area (Å²) in [7, 11) is 0. The van der Waals surface area contributed by atoms with Gasteiger partial charge in [0.05, 0.1) is 36.8 Å². The Morgan fingerprint density at radius 3 is 2.73 bits per heavy atom. The molecular weight excluding hydrogens is 339 g/mol. The number of furan rings is 1. The third-order valence-corrected chi connectivity index (χ3v) is 3.78. The van der Waals surface area contributed by atoms with E-state index in [9.17, 15) is 14.0 Å². The second kappa shape index (κ2) is 7.64. The lowest BCUT2D eigenvalue weighted by Crippen LogP contribution is -2.36. The molecule has 3 rings (SSSR count). The molecule has 0 saturated heterocycles. The minimum atomic E-state index is -0.460. The van der Waals surface area contributed by atoms with Gasteiger partial charge in [-0.05, 0) is 31.2 Å². The first-order valence-electron chi connectivity index (χ1n) is 7.93. The van der Waals surface area contributed by atoms with E-state index in [-0.39, 0.29) is 30.2 Å². The van der Waals surface area contributed by atoms with Gasteiger partial charge >= 0.3 is 0 Å². The number of carbonyl (C=O) groups excluding carboxylic acids is 2. The zero-order valence-electron chi connectivity index (χ0n) is 14.0. The first-order valence-corrected chi connectivity index (χ1v) is 7.93. The normalized spacial score (nSPS) is 10.5. The summed E-state index contributed by atoms with van der Waals surface area (Å²) in [5.41, 5.74) is 0.996. The lowest BCUT2D eigenvalue weighted by Gasteiger charge is -2.07. The van der Waals surface area contributed by atoms with Crippen LogP contribution in [0.5, 0.6) is 0 Å². The number of halogens is 1. The van der Waals surface area contributed by atoms with Gasteiger partial charge in [-0.2, -0.15) is 5.10 Å². The number of aromatic nitrogens is 2. The van der Waals surface area contributed by atoms with Crippen molar-refractivity contribution in [1.29, 1.82) is 0 Å². The van der Waals surface area contributed by atoms with Crippen molar-refractivity contribution in [2.75, 3.05) is 6.54 Å². The number of nitrogens with zero attached hydrogens (tertiary/aromatic N) is 2. The number of para-hydroxylation sites is 1. The number of benzene rings is 1. The molecule has 0 spiro atoms. The van der Waals surface area contributed by atoms with E-state index in [0.717, 1.165) is 0 Å². The van der Waals surface area contributed by atoms with E-state index in [1.807, 2.05) is 0 Å². The largest absolute Gasteiger partial charge is 0.467 e. The number of nitrogens with one attached hydrogen (secondary N) is 2. The van der Waals surface area contributed by atoms with Crippen LogP contribution in [0.15, 0.2) is 53.3 Å². The molecule has 2 heterocycles. The summed E-state index contributed by atoms with van der Waals surface area (Å²) >= 11 is 0. The fourth-order valence-corrected chi connectivity index (χ4v) is 2.42. The van der Waals surface area contributed by atoms with Gasteiger partial charge in [-0.3, -0.25) is 9.59 Å². The molecule has 0 bridgehead atoms. The van der Waals surface area contributed by atoms with Crippen molar-refractivity contribution in [3.05, 3.63) is 71.7 Å². The molecule has 0 radical (unpaired) electrons. The van der Waals surface area contributed by atoms with E-state index in [4.69, 9.17) is 4.42 Å². The second-order valence-electron chi connectivity index (χ2n) is 5.55. The smallest absolute Gasteiger partial charge is 0.255 e. The van der Waals surface area contributed by atoms with Crippen LogP contribution in [-0.4, -0.2) is 28.1 Å². The number of hydrogen-bond acceptors (Lipinski definition) is 4. The highest BCUT2D eigenvalue weighted by atomic mass is 19.1. The van der Waals surface area contributed by atoms with Gasteiger partial charge in [0.1, 0.15) is 17.3 Å². The Morgan fingerprint density at radius 1 is 1.19 bits per heavy atom. The van der Waals surface area contributed by atoms with Gasteiger partial charge in [0.25, 0.3) is 5.91 Å². The Labute approximate surface area is 148 Å². The SMILES string of the molecule is Cc1c(C(=O)NCC(=O)NCc2ccco2)cnn1-c1ccccc1F. The molecule has 0 fully saturated rings. The van der Waals surface area contributed by atoms with Gasteiger partial charge < -0.3 is 15.1 Å². The Kier molecular flexibility index (Phi) is 5.12. The maximum Gasteiger partial charge on any atom is 0.255 e. The fourth-order valence-electron chi connectivity index (χ4n) is 2.42. The van der Waals surface area contributed by atoms with E-state index in [0.29, 0.717) is 11.5 Å². The highest BCUT2D eigenvalue weighted by Crippen LogP contribution is 2.16. The molecule has 1 aromatic carbocycles. The van der Waals surface area contributed by atoms with Crippen molar-refractivity contribution in [3.63, 3.8) is 0 Å². The molecule has 0 saturated carbocycles. The van der Waals surface area contributed by atoms with Gasteiger partial charge in [-0.1, -0.05) is 12.1 Å². The van der Waals surface area contributed by atoms with Crippen molar-refractivity contribution in [3.8, 4) is 5.69 Å². The van der Waals surface area contributed by atoms with Gasteiger partial charge in [0.2, 0.25) is 5.91 Å². The third-order valence-electron chi connectivity index (χ3n) is 3.78. The summed E-state index contributed by atoms with van der Waals surface area (Å²) < 4.78 is 20.4. The Morgan fingerprint density at radius 2 is 2.00 bits per heavy atom. The van der Waals surface area contributed by atoms with Gasteiger partial charge in [0.15, 0.2) is 0 Å². The Hall–Kier alpha value is -3.42. The summed E-state index contributed by atoms with van der Waals surface area (Å²) in [5.74, 6) is -0.637. The molecular formula is C18H17FN4O3. The van der Waals surface area contributed by atoms with Crippen LogP contribution < -0.4 is 10.6 Å². The van der Waals surface area contributed by atoms with E-state index < -0.39 is 11.7 Å². The van der Waals surface area contributed by atoms with Crippen LogP contribution >= 0.6 is 0 Å². The van der Waals surface area contributed by atoms with Crippen molar-refractivity contribution in [2.45, 2.75) is 13.5 Å². The zero-order valence-corrected chi connectivity index (χ0v) is 14.0. The Balaban J connectivity index is 1.60. The maximum atomic E-state index is 13.9.